The highest BCUT2D eigenvalue weighted by Gasteiger charge is 2.06. The summed E-state index contributed by atoms with van der Waals surface area (Å²) in [6.07, 6.45) is 2.55. The second-order valence-corrected chi connectivity index (χ2v) is 5.19. The molecule has 0 spiro atoms. The molecule has 1 heteroatoms. The number of nitrogens with one attached hydrogen (secondary N) is 1. The number of hydrogen-bond acceptors (Lipinski definition) is 1. The Labute approximate surface area is 107 Å². The number of hydrogen-bond donors (Lipinski definition) is 1. The van der Waals surface area contributed by atoms with E-state index in [0.29, 0.717) is 0 Å². The van der Waals surface area contributed by atoms with Gasteiger partial charge in [0.25, 0.3) is 0 Å². The van der Waals surface area contributed by atoms with Crippen molar-refractivity contribution in [2.75, 3.05) is 6.54 Å². The van der Waals surface area contributed by atoms with Gasteiger partial charge in [-0.15, -0.1) is 0 Å². The van der Waals surface area contributed by atoms with Crippen molar-refractivity contribution >= 4 is 0 Å². The summed E-state index contributed by atoms with van der Waals surface area (Å²) < 4.78 is 0. The summed E-state index contributed by atoms with van der Waals surface area (Å²) in [7, 11) is 0. The van der Waals surface area contributed by atoms with Crippen LogP contribution in [-0.4, -0.2) is 6.54 Å². The molecule has 1 aromatic rings. The van der Waals surface area contributed by atoms with E-state index >= 15 is 0 Å². The van der Waals surface area contributed by atoms with Gasteiger partial charge in [0.15, 0.2) is 0 Å². The number of aryl methyl sites for hydroxylation is 3. The third kappa shape index (κ3) is 4.16. The molecule has 0 aliphatic carbocycles. The van der Waals surface area contributed by atoms with Crippen LogP contribution in [0, 0.1) is 26.7 Å². The zero-order valence-corrected chi connectivity index (χ0v) is 12.1. The van der Waals surface area contributed by atoms with Gasteiger partial charge in [0.2, 0.25) is 0 Å². The molecule has 0 aromatic heterocycles. The first-order valence-electron chi connectivity index (χ1n) is 6.85. The lowest BCUT2D eigenvalue weighted by Gasteiger charge is -2.16. The van der Waals surface area contributed by atoms with Crippen molar-refractivity contribution in [3.05, 3.63) is 34.4 Å². The molecule has 0 unspecified atom stereocenters. The molecule has 0 aliphatic rings. The molecule has 17 heavy (non-hydrogen) atoms. The molecule has 1 N–H and O–H groups in total. The molecule has 0 heterocycles. The minimum atomic E-state index is 0.820. The normalized spacial score (nSPS) is 11.2. The molecule has 0 bridgehead atoms. The van der Waals surface area contributed by atoms with Gasteiger partial charge in [0.1, 0.15) is 0 Å². The van der Waals surface area contributed by atoms with Crippen molar-refractivity contribution in [1.82, 2.24) is 5.32 Å². The Balaban J connectivity index is 2.58. The maximum Gasteiger partial charge on any atom is 0.0210 e. The van der Waals surface area contributed by atoms with Crippen LogP contribution in [0.2, 0.25) is 0 Å². The molecule has 0 aliphatic heterocycles. The molecule has 1 rings (SSSR count). The first-order chi connectivity index (χ1) is 8.08. The van der Waals surface area contributed by atoms with Gasteiger partial charge < -0.3 is 5.32 Å². The fourth-order valence-corrected chi connectivity index (χ4v) is 2.47. The highest BCUT2D eigenvalue weighted by atomic mass is 14.9. The van der Waals surface area contributed by atoms with Crippen molar-refractivity contribution in [2.45, 2.75) is 54.0 Å². The van der Waals surface area contributed by atoms with Crippen LogP contribution in [0.1, 0.15) is 48.9 Å². The van der Waals surface area contributed by atoms with Crippen LogP contribution >= 0.6 is 0 Å². The fraction of sp³-hybridized carbons (Fsp3) is 0.625. The minimum absolute atomic E-state index is 0.820. The van der Waals surface area contributed by atoms with Crippen LogP contribution < -0.4 is 5.32 Å². The van der Waals surface area contributed by atoms with Gasteiger partial charge in [-0.2, -0.15) is 0 Å². The fourth-order valence-electron chi connectivity index (χ4n) is 2.47. The number of rotatable bonds is 6. The van der Waals surface area contributed by atoms with Gasteiger partial charge in [-0.3, -0.25) is 0 Å². The van der Waals surface area contributed by atoms with E-state index in [1.54, 1.807) is 0 Å². The van der Waals surface area contributed by atoms with Crippen molar-refractivity contribution in [1.29, 1.82) is 0 Å². The predicted octanol–water partition coefficient (Wildman–Crippen LogP) is 4.14. The first kappa shape index (κ1) is 14.2. The quantitative estimate of drug-likeness (QED) is 0.778. The summed E-state index contributed by atoms with van der Waals surface area (Å²) in [6.45, 7) is 13.3. The van der Waals surface area contributed by atoms with E-state index in [-0.39, 0.29) is 0 Å². The van der Waals surface area contributed by atoms with E-state index in [1.807, 2.05) is 0 Å². The topological polar surface area (TPSA) is 12.0 Å². The van der Waals surface area contributed by atoms with Gasteiger partial charge >= 0.3 is 0 Å². The number of benzene rings is 1. The van der Waals surface area contributed by atoms with Gasteiger partial charge in [-0.05, 0) is 49.9 Å². The van der Waals surface area contributed by atoms with Gasteiger partial charge in [-0.25, -0.2) is 0 Å². The SMILES string of the molecule is CCC(CC)CNCc1c(C)cc(C)cc1C. The monoisotopic (exact) mass is 233 g/mol. The molecule has 0 radical (unpaired) electrons. The lowest BCUT2D eigenvalue weighted by atomic mass is 9.99. The van der Waals surface area contributed by atoms with Crippen molar-refractivity contribution in [3.63, 3.8) is 0 Å². The summed E-state index contributed by atoms with van der Waals surface area (Å²) in [6, 6.07) is 4.56. The highest BCUT2D eigenvalue weighted by molar-refractivity contribution is 5.37. The van der Waals surface area contributed by atoms with Crippen molar-refractivity contribution in [3.8, 4) is 0 Å². The van der Waals surface area contributed by atoms with Crippen LogP contribution in [0.4, 0.5) is 0 Å². The van der Waals surface area contributed by atoms with Crippen LogP contribution in [-0.2, 0) is 6.54 Å². The van der Waals surface area contributed by atoms with E-state index in [4.69, 9.17) is 0 Å². The third-order valence-electron chi connectivity index (χ3n) is 3.73. The van der Waals surface area contributed by atoms with Crippen LogP contribution in [0.15, 0.2) is 12.1 Å². The van der Waals surface area contributed by atoms with Crippen molar-refractivity contribution in [2.24, 2.45) is 5.92 Å². The van der Waals surface area contributed by atoms with Crippen LogP contribution in [0.3, 0.4) is 0 Å². The average molecular weight is 233 g/mol. The molecule has 0 saturated carbocycles. The molecular formula is C16H27N. The van der Waals surface area contributed by atoms with E-state index in [1.165, 1.54) is 35.1 Å². The van der Waals surface area contributed by atoms with E-state index in [0.717, 1.165) is 19.0 Å². The van der Waals surface area contributed by atoms with Gasteiger partial charge in [-0.1, -0.05) is 44.4 Å². The Hall–Kier alpha value is -0.820. The first-order valence-corrected chi connectivity index (χ1v) is 6.85. The zero-order chi connectivity index (χ0) is 12.8. The second-order valence-electron chi connectivity index (χ2n) is 5.19. The Kier molecular flexibility index (Phi) is 5.70. The summed E-state index contributed by atoms with van der Waals surface area (Å²) in [5.74, 6) is 0.820. The lowest BCUT2D eigenvalue weighted by molar-refractivity contribution is 0.449. The Bertz CT molecular complexity index is 328. The maximum absolute atomic E-state index is 3.60. The molecule has 0 saturated heterocycles. The Morgan fingerprint density at radius 1 is 1.00 bits per heavy atom. The summed E-state index contributed by atoms with van der Waals surface area (Å²) in [5.41, 5.74) is 5.67. The lowest BCUT2D eigenvalue weighted by Crippen LogP contribution is -2.22. The maximum atomic E-state index is 3.60. The summed E-state index contributed by atoms with van der Waals surface area (Å²) in [4.78, 5) is 0. The Morgan fingerprint density at radius 3 is 2.00 bits per heavy atom. The smallest absolute Gasteiger partial charge is 0.0210 e. The van der Waals surface area contributed by atoms with E-state index in [2.05, 4.69) is 52.1 Å². The molecule has 1 nitrogen and oxygen atoms in total. The highest BCUT2D eigenvalue weighted by Crippen LogP contribution is 2.16. The average Bonchev–Trinajstić information content (AvgIpc) is 2.27. The van der Waals surface area contributed by atoms with Crippen LogP contribution in [0.25, 0.3) is 0 Å². The van der Waals surface area contributed by atoms with Crippen molar-refractivity contribution < 1.29 is 0 Å². The zero-order valence-electron chi connectivity index (χ0n) is 12.1. The molecule has 0 atom stereocenters. The van der Waals surface area contributed by atoms with E-state index < -0.39 is 0 Å². The molecule has 1 aromatic carbocycles. The predicted molar refractivity (Wildman–Crippen MR) is 76.4 cm³/mol. The van der Waals surface area contributed by atoms with Gasteiger partial charge in [0.05, 0.1) is 0 Å². The molecule has 0 fully saturated rings. The minimum Gasteiger partial charge on any atom is -0.312 e. The van der Waals surface area contributed by atoms with Gasteiger partial charge in [0, 0.05) is 6.54 Å². The second kappa shape index (κ2) is 6.80. The molecule has 96 valence electrons. The standard InChI is InChI=1S/C16H27N/c1-6-15(7-2)10-17-11-16-13(4)8-12(3)9-14(16)5/h8-9,15,17H,6-7,10-11H2,1-5H3. The molecule has 0 amide bonds. The largest absolute Gasteiger partial charge is 0.312 e. The third-order valence-corrected chi connectivity index (χ3v) is 3.73. The summed E-state index contributed by atoms with van der Waals surface area (Å²) in [5, 5.41) is 3.60. The summed E-state index contributed by atoms with van der Waals surface area (Å²) >= 11 is 0. The molecular weight excluding hydrogens is 206 g/mol. The van der Waals surface area contributed by atoms with E-state index in [9.17, 15) is 0 Å². The van der Waals surface area contributed by atoms with Crippen LogP contribution in [0.5, 0.6) is 0 Å². The Morgan fingerprint density at radius 2 is 1.53 bits per heavy atom.